The Kier molecular flexibility index (Phi) is 8.33. The van der Waals surface area contributed by atoms with Crippen molar-refractivity contribution in [3.05, 3.63) is 0 Å². The predicted octanol–water partition coefficient (Wildman–Crippen LogP) is 0.442. The summed E-state index contributed by atoms with van der Waals surface area (Å²) < 4.78 is 0. The maximum Gasteiger partial charge on any atom is 0.221 e. The van der Waals surface area contributed by atoms with E-state index in [0.29, 0.717) is 12.5 Å². The standard InChI is InChI=1S/C11H25N3O/c1-5-10(2)13-11(15)6-7-12-8-9-14(3)4/h10,12H,5-9H2,1-4H3,(H,13,15). The lowest BCUT2D eigenvalue weighted by molar-refractivity contribution is -0.121. The van der Waals surface area contributed by atoms with Crippen molar-refractivity contribution in [2.45, 2.75) is 32.7 Å². The molecule has 0 aromatic heterocycles. The molecule has 2 N–H and O–H groups in total. The Morgan fingerprint density at radius 3 is 2.53 bits per heavy atom. The van der Waals surface area contributed by atoms with Crippen molar-refractivity contribution in [3.8, 4) is 0 Å². The third-order valence-corrected chi connectivity index (χ3v) is 2.28. The highest BCUT2D eigenvalue weighted by Gasteiger charge is 2.04. The predicted molar refractivity (Wildman–Crippen MR) is 63.9 cm³/mol. The highest BCUT2D eigenvalue weighted by Crippen LogP contribution is 1.88. The highest BCUT2D eigenvalue weighted by molar-refractivity contribution is 5.76. The van der Waals surface area contributed by atoms with E-state index in [1.807, 2.05) is 21.0 Å². The van der Waals surface area contributed by atoms with Crippen molar-refractivity contribution in [2.24, 2.45) is 0 Å². The van der Waals surface area contributed by atoms with Crippen molar-refractivity contribution >= 4 is 5.91 Å². The zero-order chi connectivity index (χ0) is 11.7. The molecule has 0 fully saturated rings. The van der Waals surface area contributed by atoms with E-state index in [1.54, 1.807) is 0 Å². The molecule has 0 saturated carbocycles. The van der Waals surface area contributed by atoms with Crippen LogP contribution in [0.25, 0.3) is 0 Å². The van der Waals surface area contributed by atoms with Gasteiger partial charge >= 0.3 is 0 Å². The van der Waals surface area contributed by atoms with E-state index < -0.39 is 0 Å². The number of likely N-dealkylation sites (N-methyl/N-ethyl adjacent to an activating group) is 1. The lowest BCUT2D eigenvalue weighted by atomic mass is 10.2. The van der Waals surface area contributed by atoms with Gasteiger partial charge in [0, 0.05) is 32.1 Å². The summed E-state index contributed by atoms with van der Waals surface area (Å²) in [4.78, 5) is 13.5. The van der Waals surface area contributed by atoms with Crippen LogP contribution < -0.4 is 10.6 Å². The molecule has 0 aliphatic rings. The minimum atomic E-state index is 0.140. The van der Waals surface area contributed by atoms with Gasteiger partial charge in [-0.3, -0.25) is 4.79 Å². The quantitative estimate of drug-likeness (QED) is 0.578. The molecule has 0 radical (unpaired) electrons. The summed E-state index contributed by atoms with van der Waals surface area (Å²) in [5, 5.41) is 6.18. The van der Waals surface area contributed by atoms with E-state index in [2.05, 4.69) is 22.5 Å². The molecule has 1 amide bonds. The fourth-order valence-electron chi connectivity index (χ4n) is 1.08. The van der Waals surface area contributed by atoms with Crippen LogP contribution in [0.5, 0.6) is 0 Å². The number of nitrogens with one attached hydrogen (secondary N) is 2. The second-order valence-electron chi connectivity index (χ2n) is 4.18. The van der Waals surface area contributed by atoms with Crippen molar-refractivity contribution in [1.82, 2.24) is 15.5 Å². The Morgan fingerprint density at radius 2 is 2.00 bits per heavy atom. The highest BCUT2D eigenvalue weighted by atomic mass is 16.1. The lowest BCUT2D eigenvalue weighted by Gasteiger charge is -2.12. The van der Waals surface area contributed by atoms with E-state index >= 15 is 0 Å². The molecule has 4 nitrogen and oxygen atoms in total. The first kappa shape index (κ1) is 14.4. The maximum absolute atomic E-state index is 11.3. The molecule has 0 aliphatic carbocycles. The Morgan fingerprint density at radius 1 is 1.33 bits per heavy atom. The molecule has 0 aromatic rings. The molecule has 1 unspecified atom stereocenters. The summed E-state index contributed by atoms with van der Waals surface area (Å²) in [5.41, 5.74) is 0. The molecule has 0 rings (SSSR count). The maximum atomic E-state index is 11.3. The fourth-order valence-corrected chi connectivity index (χ4v) is 1.08. The number of carbonyl (C=O) groups excluding carboxylic acids is 1. The fraction of sp³-hybridized carbons (Fsp3) is 0.909. The normalized spacial score (nSPS) is 12.9. The number of hydrogen-bond acceptors (Lipinski definition) is 3. The van der Waals surface area contributed by atoms with Crippen LogP contribution in [0, 0.1) is 0 Å². The molecular formula is C11H25N3O. The van der Waals surface area contributed by atoms with Crippen LogP contribution in [0.4, 0.5) is 0 Å². The molecule has 90 valence electrons. The zero-order valence-electron chi connectivity index (χ0n) is 10.5. The summed E-state index contributed by atoms with van der Waals surface area (Å²) in [6, 6.07) is 0.291. The number of carbonyl (C=O) groups is 1. The summed E-state index contributed by atoms with van der Waals surface area (Å²) in [5.74, 6) is 0.140. The molecular weight excluding hydrogens is 190 g/mol. The van der Waals surface area contributed by atoms with Crippen LogP contribution >= 0.6 is 0 Å². The van der Waals surface area contributed by atoms with Crippen LogP contribution in [0.3, 0.4) is 0 Å². The van der Waals surface area contributed by atoms with Gasteiger partial charge in [0.1, 0.15) is 0 Å². The first-order valence-corrected chi connectivity index (χ1v) is 5.71. The van der Waals surface area contributed by atoms with Gasteiger partial charge in [0.15, 0.2) is 0 Å². The van der Waals surface area contributed by atoms with Crippen LogP contribution in [-0.4, -0.2) is 50.6 Å². The Labute approximate surface area is 93.4 Å². The minimum absolute atomic E-state index is 0.140. The number of amides is 1. The Balaban J connectivity index is 3.31. The zero-order valence-corrected chi connectivity index (χ0v) is 10.5. The summed E-state index contributed by atoms with van der Waals surface area (Å²) in [6.45, 7) is 6.80. The summed E-state index contributed by atoms with van der Waals surface area (Å²) in [6.07, 6.45) is 1.55. The number of rotatable bonds is 8. The molecule has 0 bridgehead atoms. The Hall–Kier alpha value is -0.610. The van der Waals surface area contributed by atoms with Gasteiger partial charge in [-0.15, -0.1) is 0 Å². The van der Waals surface area contributed by atoms with E-state index in [4.69, 9.17) is 0 Å². The van der Waals surface area contributed by atoms with E-state index in [1.165, 1.54) is 0 Å². The van der Waals surface area contributed by atoms with E-state index in [-0.39, 0.29) is 5.91 Å². The molecule has 0 aromatic carbocycles. The van der Waals surface area contributed by atoms with Crippen LogP contribution in [0.1, 0.15) is 26.7 Å². The van der Waals surface area contributed by atoms with Gasteiger partial charge in [0.05, 0.1) is 0 Å². The monoisotopic (exact) mass is 215 g/mol. The molecule has 4 heteroatoms. The summed E-state index contributed by atoms with van der Waals surface area (Å²) in [7, 11) is 4.08. The third kappa shape index (κ3) is 9.69. The smallest absolute Gasteiger partial charge is 0.221 e. The molecule has 0 saturated heterocycles. The van der Waals surface area contributed by atoms with Crippen molar-refractivity contribution in [2.75, 3.05) is 33.7 Å². The lowest BCUT2D eigenvalue weighted by Crippen LogP contribution is -2.35. The van der Waals surface area contributed by atoms with Gasteiger partial charge < -0.3 is 15.5 Å². The van der Waals surface area contributed by atoms with Gasteiger partial charge in [-0.2, -0.15) is 0 Å². The molecule has 0 heterocycles. The number of nitrogens with zero attached hydrogens (tertiary/aromatic N) is 1. The second kappa shape index (κ2) is 8.68. The van der Waals surface area contributed by atoms with Gasteiger partial charge in [0.2, 0.25) is 5.91 Å². The topological polar surface area (TPSA) is 44.4 Å². The largest absolute Gasteiger partial charge is 0.354 e. The SMILES string of the molecule is CCC(C)NC(=O)CCNCCN(C)C. The van der Waals surface area contributed by atoms with Crippen LogP contribution in [0.15, 0.2) is 0 Å². The van der Waals surface area contributed by atoms with Crippen molar-refractivity contribution in [1.29, 1.82) is 0 Å². The van der Waals surface area contributed by atoms with Gasteiger partial charge in [0.25, 0.3) is 0 Å². The third-order valence-electron chi connectivity index (χ3n) is 2.28. The summed E-state index contributed by atoms with van der Waals surface area (Å²) >= 11 is 0. The molecule has 1 atom stereocenters. The molecule has 0 spiro atoms. The first-order valence-electron chi connectivity index (χ1n) is 5.71. The molecule has 0 aliphatic heterocycles. The van der Waals surface area contributed by atoms with Gasteiger partial charge in [-0.25, -0.2) is 0 Å². The van der Waals surface area contributed by atoms with Crippen LogP contribution in [0.2, 0.25) is 0 Å². The second-order valence-corrected chi connectivity index (χ2v) is 4.18. The van der Waals surface area contributed by atoms with Crippen molar-refractivity contribution < 1.29 is 4.79 Å². The van der Waals surface area contributed by atoms with Gasteiger partial charge in [-0.1, -0.05) is 6.92 Å². The number of hydrogen-bond donors (Lipinski definition) is 2. The average Bonchev–Trinajstić information content (AvgIpc) is 2.16. The van der Waals surface area contributed by atoms with E-state index in [9.17, 15) is 4.79 Å². The van der Waals surface area contributed by atoms with E-state index in [0.717, 1.165) is 26.1 Å². The average molecular weight is 215 g/mol. The van der Waals surface area contributed by atoms with Crippen molar-refractivity contribution in [3.63, 3.8) is 0 Å². The first-order chi connectivity index (χ1) is 7.06. The van der Waals surface area contributed by atoms with Gasteiger partial charge in [-0.05, 0) is 27.4 Å². The minimum Gasteiger partial charge on any atom is -0.354 e. The Bertz CT molecular complexity index is 171. The van der Waals surface area contributed by atoms with Crippen LogP contribution in [-0.2, 0) is 4.79 Å². The molecule has 15 heavy (non-hydrogen) atoms.